The van der Waals surface area contributed by atoms with Gasteiger partial charge >= 0.3 is 0 Å². The van der Waals surface area contributed by atoms with E-state index in [1.54, 1.807) is 11.3 Å². The molecule has 0 fully saturated rings. The summed E-state index contributed by atoms with van der Waals surface area (Å²) in [6, 6.07) is 6.04. The highest BCUT2D eigenvalue weighted by atomic mass is 32.1. The Morgan fingerprint density at radius 1 is 1.31 bits per heavy atom. The van der Waals surface area contributed by atoms with Gasteiger partial charge in [-0.1, -0.05) is 11.3 Å². The average Bonchev–Trinajstić information content (AvgIpc) is 2.59. The molecule has 1 aromatic carbocycles. The van der Waals surface area contributed by atoms with Gasteiger partial charge in [-0.25, -0.2) is 4.98 Å². The van der Waals surface area contributed by atoms with Crippen LogP contribution in [0.25, 0.3) is 10.2 Å². The van der Waals surface area contributed by atoms with Gasteiger partial charge in [-0.15, -0.1) is 0 Å². The first-order chi connectivity index (χ1) is 7.56. The third-order valence-corrected chi connectivity index (χ3v) is 3.29. The summed E-state index contributed by atoms with van der Waals surface area (Å²) in [4.78, 5) is 6.54. The quantitative estimate of drug-likeness (QED) is 0.818. The fraction of sp³-hybridized carbons (Fsp3) is 0.417. The summed E-state index contributed by atoms with van der Waals surface area (Å²) < 4.78 is 6.83. The first kappa shape index (κ1) is 11.2. The third kappa shape index (κ3) is 2.27. The van der Waals surface area contributed by atoms with Crippen molar-refractivity contribution < 1.29 is 4.74 Å². The molecule has 0 aliphatic carbocycles. The van der Waals surface area contributed by atoms with Crippen molar-refractivity contribution in [2.24, 2.45) is 0 Å². The van der Waals surface area contributed by atoms with Crippen LogP contribution < -0.4 is 9.64 Å². The van der Waals surface area contributed by atoms with Crippen LogP contribution in [0.3, 0.4) is 0 Å². The Kier molecular flexibility index (Phi) is 3.01. The monoisotopic (exact) mass is 236 g/mol. The van der Waals surface area contributed by atoms with E-state index in [9.17, 15) is 0 Å². The fourth-order valence-electron chi connectivity index (χ4n) is 1.43. The molecule has 0 aliphatic heterocycles. The Balaban J connectivity index is 2.38. The lowest BCUT2D eigenvalue weighted by molar-refractivity contribution is 0.243. The number of aromatic nitrogens is 1. The van der Waals surface area contributed by atoms with E-state index in [0.717, 1.165) is 16.4 Å². The molecule has 0 bridgehead atoms. The Morgan fingerprint density at radius 2 is 2.06 bits per heavy atom. The molecule has 0 spiro atoms. The molecule has 0 aliphatic rings. The number of anilines is 1. The summed E-state index contributed by atoms with van der Waals surface area (Å²) in [5.41, 5.74) is 1.03. The van der Waals surface area contributed by atoms with Crippen molar-refractivity contribution in [3.05, 3.63) is 18.2 Å². The van der Waals surface area contributed by atoms with Gasteiger partial charge in [0.2, 0.25) is 0 Å². The minimum absolute atomic E-state index is 0.207. The lowest BCUT2D eigenvalue weighted by Gasteiger charge is -2.08. The van der Waals surface area contributed by atoms with Crippen molar-refractivity contribution in [1.82, 2.24) is 4.98 Å². The van der Waals surface area contributed by atoms with E-state index in [1.165, 1.54) is 4.70 Å². The number of nitrogens with zero attached hydrogens (tertiary/aromatic N) is 2. The van der Waals surface area contributed by atoms with Crippen LogP contribution in [0.5, 0.6) is 5.75 Å². The number of hydrogen-bond donors (Lipinski definition) is 0. The Hall–Kier alpha value is -1.29. The molecule has 86 valence electrons. The number of fused-ring (bicyclic) bond motifs is 1. The number of ether oxygens (including phenoxy) is 1. The highest BCUT2D eigenvalue weighted by Crippen LogP contribution is 2.30. The van der Waals surface area contributed by atoms with Gasteiger partial charge in [0.1, 0.15) is 5.75 Å². The summed E-state index contributed by atoms with van der Waals surface area (Å²) in [6.07, 6.45) is 0.207. The predicted octanol–water partition coefficient (Wildman–Crippen LogP) is 3.15. The zero-order valence-corrected chi connectivity index (χ0v) is 10.8. The van der Waals surface area contributed by atoms with E-state index in [2.05, 4.69) is 11.1 Å². The fourth-order valence-corrected chi connectivity index (χ4v) is 2.35. The van der Waals surface area contributed by atoms with E-state index in [4.69, 9.17) is 4.74 Å². The summed E-state index contributed by atoms with van der Waals surface area (Å²) in [7, 11) is 4.01. The lowest BCUT2D eigenvalue weighted by atomic mass is 10.3. The molecule has 1 heterocycles. The summed E-state index contributed by atoms with van der Waals surface area (Å²) >= 11 is 1.68. The number of hydrogen-bond acceptors (Lipinski definition) is 4. The molecule has 2 aromatic rings. The molecule has 16 heavy (non-hydrogen) atoms. The largest absolute Gasteiger partial charge is 0.491 e. The highest BCUT2D eigenvalue weighted by Gasteiger charge is 2.07. The van der Waals surface area contributed by atoms with Gasteiger partial charge in [-0.2, -0.15) is 0 Å². The van der Waals surface area contributed by atoms with E-state index < -0.39 is 0 Å². The topological polar surface area (TPSA) is 25.4 Å². The Labute approximate surface area is 99.7 Å². The van der Waals surface area contributed by atoms with Crippen LogP contribution in [-0.2, 0) is 0 Å². The maximum atomic E-state index is 5.66. The zero-order valence-electron chi connectivity index (χ0n) is 10.0. The molecular formula is C12H16N2OS. The van der Waals surface area contributed by atoms with Crippen molar-refractivity contribution in [1.29, 1.82) is 0 Å². The first-order valence-electron chi connectivity index (χ1n) is 5.31. The molecule has 0 N–H and O–H groups in total. The van der Waals surface area contributed by atoms with Crippen molar-refractivity contribution >= 4 is 26.7 Å². The normalized spacial score (nSPS) is 11.1. The molecule has 0 amide bonds. The Morgan fingerprint density at radius 3 is 2.69 bits per heavy atom. The van der Waals surface area contributed by atoms with E-state index in [-0.39, 0.29) is 6.10 Å². The smallest absolute Gasteiger partial charge is 0.185 e. The Bertz CT molecular complexity index is 491. The SMILES string of the molecule is CC(C)Oc1ccc2nc(N(C)C)sc2c1. The van der Waals surface area contributed by atoms with Crippen LogP contribution in [-0.4, -0.2) is 25.2 Å². The van der Waals surface area contributed by atoms with Gasteiger partial charge in [0.15, 0.2) is 5.13 Å². The van der Waals surface area contributed by atoms with E-state index in [0.29, 0.717) is 0 Å². The van der Waals surface area contributed by atoms with Crippen LogP contribution >= 0.6 is 11.3 Å². The molecule has 4 heteroatoms. The predicted molar refractivity (Wildman–Crippen MR) is 69.7 cm³/mol. The van der Waals surface area contributed by atoms with Gasteiger partial charge in [-0.3, -0.25) is 0 Å². The van der Waals surface area contributed by atoms with Crippen LogP contribution in [0.1, 0.15) is 13.8 Å². The molecule has 0 saturated heterocycles. The van der Waals surface area contributed by atoms with Gasteiger partial charge in [0, 0.05) is 14.1 Å². The number of rotatable bonds is 3. The van der Waals surface area contributed by atoms with E-state index >= 15 is 0 Å². The maximum Gasteiger partial charge on any atom is 0.185 e. The molecule has 1 aromatic heterocycles. The lowest BCUT2D eigenvalue weighted by Crippen LogP contribution is -2.07. The molecule has 0 unspecified atom stereocenters. The molecule has 3 nitrogen and oxygen atoms in total. The standard InChI is InChI=1S/C12H16N2OS/c1-8(2)15-9-5-6-10-11(7-9)16-12(13-10)14(3)4/h5-8H,1-4H3. The second-order valence-electron chi connectivity index (χ2n) is 4.19. The molecule has 0 atom stereocenters. The van der Waals surface area contributed by atoms with Gasteiger partial charge < -0.3 is 9.64 Å². The van der Waals surface area contributed by atoms with Crippen LogP contribution in [0.2, 0.25) is 0 Å². The van der Waals surface area contributed by atoms with E-state index in [1.807, 2.05) is 45.0 Å². The van der Waals surface area contributed by atoms with Crippen molar-refractivity contribution in [2.75, 3.05) is 19.0 Å². The minimum atomic E-state index is 0.207. The molecule has 0 saturated carbocycles. The van der Waals surface area contributed by atoms with Gasteiger partial charge in [0.25, 0.3) is 0 Å². The maximum absolute atomic E-state index is 5.66. The minimum Gasteiger partial charge on any atom is -0.491 e. The molecule has 2 rings (SSSR count). The molecular weight excluding hydrogens is 220 g/mol. The zero-order chi connectivity index (χ0) is 11.7. The van der Waals surface area contributed by atoms with Crippen LogP contribution in [0, 0.1) is 0 Å². The van der Waals surface area contributed by atoms with Crippen LogP contribution in [0.15, 0.2) is 18.2 Å². The third-order valence-electron chi connectivity index (χ3n) is 2.10. The van der Waals surface area contributed by atoms with Crippen molar-refractivity contribution in [3.8, 4) is 5.75 Å². The summed E-state index contributed by atoms with van der Waals surface area (Å²) in [6.45, 7) is 4.06. The van der Waals surface area contributed by atoms with Crippen molar-refractivity contribution in [3.63, 3.8) is 0 Å². The van der Waals surface area contributed by atoms with Gasteiger partial charge in [-0.05, 0) is 32.0 Å². The second-order valence-corrected chi connectivity index (χ2v) is 5.20. The van der Waals surface area contributed by atoms with Gasteiger partial charge in [0.05, 0.1) is 16.3 Å². The number of thiazole rings is 1. The summed E-state index contributed by atoms with van der Waals surface area (Å²) in [5.74, 6) is 0.913. The summed E-state index contributed by atoms with van der Waals surface area (Å²) in [5, 5.41) is 1.02. The second kappa shape index (κ2) is 4.29. The van der Waals surface area contributed by atoms with Crippen LogP contribution in [0.4, 0.5) is 5.13 Å². The highest BCUT2D eigenvalue weighted by molar-refractivity contribution is 7.22. The molecule has 0 radical (unpaired) electrons. The first-order valence-corrected chi connectivity index (χ1v) is 6.12. The van der Waals surface area contributed by atoms with Crippen molar-refractivity contribution in [2.45, 2.75) is 20.0 Å². The number of benzene rings is 1. The average molecular weight is 236 g/mol.